The van der Waals surface area contributed by atoms with Crippen molar-refractivity contribution in [2.75, 3.05) is 31.1 Å². The van der Waals surface area contributed by atoms with Crippen molar-refractivity contribution in [2.24, 2.45) is 0 Å². The Morgan fingerprint density at radius 3 is 2.83 bits per heavy atom. The van der Waals surface area contributed by atoms with Gasteiger partial charge in [0.25, 0.3) is 5.91 Å². The maximum absolute atomic E-state index is 12.6. The third kappa shape index (κ3) is 4.40. The summed E-state index contributed by atoms with van der Waals surface area (Å²) in [6.07, 6.45) is 2.41. The Hall–Kier alpha value is -3.74. The monoisotopic (exact) mass is 391 g/mol. The third-order valence-corrected chi connectivity index (χ3v) is 4.54. The minimum Gasteiger partial charge on any atom is -0.496 e. The average Bonchev–Trinajstić information content (AvgIpc) is 3.22. The molecule has 0 fully saturated rings. The summed E-state index contributed by atoms with van der Waals surface area (Å²) >= 11 is 0. The normalized spacial score (nSPS) is 11.8. The fourth-order valence-electron chi connectivity index (χ4n) is 3.09. The number of nitrogens with zero attached hydrogens (tertiary/aromatic N) is 1. The van der Waals surface area contributed by atoms with Crippen LogP contribution in [0.15, 0.2) is 60.8 Å². The average molecular weight is 391 g/mol. The summed E-state index contributed by atoms with van der Waals surface area (Å²) in [5.41, 5.74) is 2.89. The Morgan fingerprint density at radius 2 is 1.93 bits per heavy atom. The molecule has 0 saturated carbocycles. The van der Waals surface area contributed by atoms with E-state index in [1.807, 2.05) is 30.3 Å². The van der Waals surface area contributed by atoms with Crippen LogP contribution >= 0.6 is 0 Å². The number of carbonyl (C=O) groups excluding carboxylic acids is 1. The van der Waals surface area contributed by atoms with Crippen LogP contribution in [-0.4, -0.2) is 31.3 Å². The second kappa shape index (κ2) is 8.52. The molecule has 2 aromatic carbocycles. The lowest BCUT2D eigenvalue weighted by Gasteiger charge is -2.11. The van der Waals surface area contributed by atoms with Crippen molar-refractivity contribution in [3.8, 4) is 17.2 Å². The molecule has 0 spiro atoms. The molecule has 0 unspecified atom stereocenters. The first-order valence-electron chi connectivity index (χ1n) is 9.26. The number of ether oxygens (including phenoxy) is 3. The van der Waals surface area contributed by atoms with E-state index in [0.29, 0.717) is 29.4 Å². The fourth-order valence-corrected chi connectivity index (χ4v) is 3.09. The van der Waals surface area contributed by atoms with Gasteiger partial charge in [-0.2, -0.15) is 0 Å². The number of aromatic nitrogens is 1. The van der Waals surface area contributed by atoms with Crippen LogP contribution in [0.25, 0.3) is 0 Å². The van der Waals surface area contributed by atoms with Crippen molar-refractivity contribution in [2.45, 2.75) is 6.42 Å². The molecule has 29 heavy (non-hydrogen) atoms. The van der Waals surface area contributed by atoms with Crippen molar-refractivity contribution in [1.82, 2.24) is 4.98 Å². The van der Waals surface area contributed by atoms with E-state index >= 15 is 0 Å². The van der Waals surface area contributed by atoms with Crippen molar-refractivity contribution in [3.05, 3.63) is 72.1 Å². The minimum absolute atomic E-state index is 0.191. The molecule has 0 atom stereocenters. The zero-order valence-electron chi connectivity index (χ0n) is 16.0. The molecule has 7 nitrogen and oxygen atoms in total. The highest BCUT2D eigenvalue weighted by molar-refractivity contribution is 6.03. The quantitative estimate of drug-likeness (QED) is 0.639. The summed E-state index contributed by atoms with van der Waals surface area (Å²) in [6.45, 7) is 0.893. The Balaban J connectivity index is 1.37. The minimum atomic E-state index is -0.294. The smallest absolute Gasteiger partial charge is 0.274 e. The largest absolute Gasteiger partial charge is 0.496 e. The van der Waals surface area contributed by atoms with Gasteiger partial charge in [0.1, 0.15) is 11.4 Å². The topological polar surface area (TPSA) is 81.7 Å². The molecular formula is C22H21N3O4. The molecule has 7 heteroatoms. The summed E-state index contributed by atoms with van der Waals surface area (Å²) in [5, 5.41) is 6.16. The Labute approximate surface area is 168 Å². The standard InChI is InChI=1S/C22H21N3O4/c1-27-19-5-3-2-4-15(19)8-10-23-16-9-11-24-18(12-16)22(26)25-17-6-7-20-21(13-17)29-14-28-20/h2-7,9,11-13H,8,10,14H2,1H3,(H,23,24)(H,25,26). The van der Waals surface area contributed by atoms with Gasteiger partial charge in [0.05, 0.1) is 7.11 Å². The van der Waals surface area contributed by atoms with Gasteiger partial charge in [-0.1, -0.05) is 18.2 Å². The molecule has 1 aliphatic heterocycles. The van der Waals surface area contributed by atoms with Gasteiger partial charge in [0.2, 0.25) is 6.79 Å². The number of fused-ring (bicyclic) bond motifs is 1. The number of methoxy groups -OCH3 is 1. The molecular weight excluding hydrogens is 370 g/mol. The van der Waals surface area contributed by atoms with Gasteiger partial charge in [-0.3, -0.25) is 9.78 Å². The molecule has 0 bridgehead atoms. The van der Waals surface area contributed by atoms with Gasteiger partial charge in [-0.15, -0.1) is 0 Å². The van der Waals surface area contributed by atoms with Crippen LogP contribution in [0.5, 0.6) is 17.2 Å². The second-order valence-corrected chi connectivity index (χ2v) is 6.44. The highest BCUT2D eigenvalue weighted by atomic mass is 16.7. The zero-order valence-corrected chi connectivity index (χ0v) is 16.0. The third-order valence-electron chi connectivity index (χ3n) is 4.54. The van der Waals surface area contributed by atoms with E-state index in [1.54, 1.807) is 37.6 Å². The lowest BCUT2D eigenvalue weighted by molar-refractivity contribution is 0.102. The molecule has 2 N–H and O–H groups in total. The summed E-state index contributed by atoms with van der Waals surface area (Å²) < 4.78 is 16.0. The maximum Gasteiger partial charge on any atom is 0.274 e. The van der Waals surface area contributed by atoms with E-state index in [-0.39, 0.29) is 12.7 Å². The Bertz CT molecular complexity index is 1020. The summed E-state index contributed by atoms with van der Waals surface area (Å²) in [6, 6.07) is 16.7. The van der Waals surface area contributed by atoms with Crippen molar-refractivity contribution < 1.29 is 19.0 Å². The molecule has 1 aliphatic rings. The Morgan fingerprint density at radius 1 is 1.07 bits per heavy atom. The number of rotatable bonds is 7. The first kappa shape index (κ1) is 18.6. The van der Waals surface area contributed by atoms with E-state index in [2.05, 4.69) is 15.6 Å². The van der Waals surface area contributed by atoms with Gasteiger partial charge in [0, 0.05) is 30.2 Å². The first-order chi connectivity index (χ1) is 14.2. The van der Waals surface area contributed by atoms with E-state index in [1.165, 1.54) is 0 Å². The van der Waals surface area contributed by atoms with Crippen LogP contribution in [0.2, 0.25) is 0 Å². The molecule has 148 valence electrons. The van der Waals surface area contributed by atoms with Crippen LogP contribution in [-0.2, 0) is 6.42 Å². The predicted molar refractivity (Wildman–Crippen MR) is 110 cm³/mol. The molecule has 3 aromatic rings. The number of nitrogens with one attached hydrogen (secondary N) is 2. The number of amides is 1. The van der Waals surface area contributed by atoms with Gasteiger partial charge in [-0.25, -0.2) is 0 Å². The zero-order chi connectivity index (χ0) is 20.1. The van der Waals surface area contributed by atoms with Crippen LogP contribution in [0.3, 0.4) is 0 Å². The van der Waals surface area contributed by atoms with Gasteiger partial charge < -0.3 is 24.8 Å². The van der Waals surface area contributed by atoms with Crippen LogP contribution in [0.4, 0.5) is 11.4 Å². The highest BCUT2D eigenvalue weighted by Gasteiger charge is 2.15. The second-order valence-electron chi connectivity index (χ2n) is 6.44. The van der Waals surface area contributed by atoms with Crippen molar-refractivity contribution >= 4 is 17.3 Å². The van der Waals surface area contributed by atoms with Crippen molar-refractivity contribution in [1.29, 1.82) is 0 Å². The summed E-state index contributed by atoms with van der Waals surface area (Å²) in [7, 11) is 1.67. The van der Waals surface area contributed by atoms with Crippen molar-refractivity contribution in [3.63, 3.8) is 0 Å². The molecule has 1 aromatic heterocycles. The van der Waals surface area contributed by atoms with E-state index in [0.717, 1.165) is 23.4 Å². The predicted octanol–water partition coefficient (Wildman–Crippen LogP) is 3.73. The SMILES string of the molecule is COc1ccccc1CCNc1ccnc(C(=O)Nc2ccc3c(c2)OCO3)c1. The van der Waals surface area contributed by atoms with E-state index in [9.17, 15) is 4.79 Å². The number of hydrogen-bond acceptors (Lipinski definition) is 6. The lowest BCUT2D eigenvalue weighted by Crippen LogP contribution is -2.14. The molecule has 0 radical (unpaired) electrons. The van der Waals surface area contributed by atoms with Crippen LogP contribution in [0, 0.1) is 0 Å². The molecule has 4 rings (SSSR count). The number of pyridine rings is 1. The van der Waals surface area contributed by atoms with Gasteiger partial charge >= 0.3 is 0 Å². The van der Waals surface area contributed by atoms with Crippen LogP contribution < -0.4 is 24.8 Å². The first-order valence-corrected chi connectivity index (χ1v) is 9.26. The maximum atomic E-state index is 12.6. The number of anilines is 2. The summed E-state index contributed by atoms with van der Waals surface area (Å²) in [5.74, 6) is 1.86. The van der Waals surface area contributed by atoms with Gasteiger partial charge in [-0.05, 0) is 42.3 Å². The molecule has 2 heterocycles. The molecule has 1 amide bonds. The number of para-hydroxylation sites is 1. The van der Waals surface area contributed by atoms with Gasteiger partial charge in [0.15, 0.2) is 11.5 Å². The van der Waals surface area contributed by atoms with E-state index < -0.39 is 0 Å². The molecule has 0 saturated heterocycles. The fraction of sp³-hybridized carbons (Fsp3) is 0.182. The van der Waals surface area contributed by atoms with Crippen LogP contribution in [0.1, 0.15) is 16.1 Å². The highest BCUT2D eigenvalue weighted by Crippen LogP contribution is 2.34. The number of carbonyl (C=O) groups is 1. The number of hydrogen-bond donors (Lipinski definition) is 2. The molecule has 0 aliphatic carbocycles. The number of benzene rings is 2. The van der Waals surface area contributed by atoms with E-state index in [4.69, 9.17) is 14.2 Å². The lowest BCUT2D eigenvalue weighted by atomic mass is 10.1. The summed E-state index contributed by atoms with van der Waals surface area (Å²) in [4.78, 5) is 16.7. The Kier molecular flexibility index (Phi) is 5.47.